The lowest BCUT2D eigenvalue weighted by atomic mass is 9.98. The Kier molecular flexibility index (Phi) is 6.02. The number of hydrogen-bond acceptors (Lipinski definition) is 4. The summed E-state index contributed by atoms with van der Waals surface area (Å²) >= 11 is 0. The fraction of sp³-hybridized carbons (Fsp3) is 1.00. The number of likely N-dealkylation sites (N-methyl/N-ethyl adjacent to an activating group) is 2. The average Bonchev–Trinajstić information content (AvgIpc) is 3.27. The normalized spacial score (nSPS) is 22.3. The van der Waals surface area contributed by atoms with Crippen LogP contribution in [0.4, 0.5) is 0 Å². The van der Waals surface area contributed by atoms with Gasteiger partial charge in [0, 0.05) is 39.3 Å². The highest BCUT2D eigenvalue weighted by Crippen LogP contribution is 2.23. The summed E-state index contributed by atoms with van der Waals surface area (Å²) in [6.07, 6.45) is 4.56. The molecule has 0 aromatic heterocycles. The predicted molar refractivity (Wildman–Crippen MR) is 85.4 cm³/mol. The van der Waals surface area contributed by atoms with Gasteiger partial charge in [-0.25, -0.2) is 0 Å². The molecule has 7 heteroatoms. The Balaban J connectivity index is 1.76. The van der Waals surface area contributed by atoms with Crippen molar-refractivity contribution in [3.8, 4) is 0 Å². The van der Waals surface area contributed by atoms with Crippen LogP contribution in [-0.2, 0) is 10.2 Å². The van der Waals surface area contributed by atoms with Crippen molar-refractivity contribution in [3.63, 3.8) is 0 Å². The van der Waals surface area contributed by atoms with Crippen LogP contribution in [0.2, 0.25) is 0 Å². The van der Waals surface area contributed by atoms with Gasteiger partial charge in [0.1, 0.15) is 0 Å². The Bertz CT molecular complexity index is 415. The van der Waals surface area contributed by atoms with Gasteiger partial charge in [-0.15, -0.1) is 0 Å². The molecule has 1 aliphatic carbocycles. The number of rotatable bonds is 8. The molecule has 1 aliphatic heterocycles. The molecule has 0 amide bonds. The molecule has 1 N–H and O–H groups in total. The van der Waals surface area contributed by atoms with Crippen LogP contribution in [0.1, 0.15) is 25.7 Å². The molecule has 21 heavy (non-hydrogen) atoms. The van der Waals surface area contributed by atoms with Crippen LogP contribution in [0, 0.1) is 5.92 Å². The van der Waals surface area contributed by atoms with Gasteiger partial charge in [0.2, 0.25) is 0 Å². The molecular weight excluding hydrogens is 288 g/mol. The lowest BCUT2D eigenvalue weighted by molar-refractivity contribution is 0.250. The molecule has 0 atom stereocenters. The zero-order valence-electron chi connectivity index (χ0n) is 13.6. The van der Waals surface area contributed by atoms with Crippen LogP contribution in [0.15, 0.2) is 0 Å². The minimum absolute atomic E-state index is 0.540. The van der Waals surface area contributed by atoms with E-state index in [4.69, 9.17) is 0 Å². The van der Waals surface area contributed by atoms with Crippen molar-refractivity contribution in [1.82, 2.24) is 18.8 Å². The van der Waals surface area contributed by atoms with E-state index in [0.717, 1.165) is 32.0 Å². The molecule has 124 valence electrons. The third kappa shape index (κ3) is 5.17. The summed E-state index contributed by atoms with van der Waals surface area (Å²) in [5.74, 6) is 0.629. The van der Waals surface area contributed by atoms with Crippen molar-refractivity contribution in [2.75, 3.05) is 53.9 Å². The Morgan fingerprint density at radius 3 is 2.19 bits per heavy atom. The van der Waals surface area contributed by atoms with Crippen LogP contribution in [0.25, 0.3) is 0 Å². The van der Waals surface area contributed by atoms with Gasteiger partial charge < -0.3 is 10.2 Å². The maximum absolute atomic E-state index is 12.5. The predicted octanol–water partition coefficient (Wildman–Crippen LogP) is 0.189. The molecule has 6 nitrogen and oxygen atoms in total. The number of hydrogen-bond donors (Lipinski definition) is 1. The highest BCUT2D eigenvalue weighted by Gasteiger charge is 2.31. The summed E-state index contributed by atoms with van der Waals surface area (Å²) in [7, 11) is 2.31. The summed E-state index contributed by atoms with van der Waals surface area (Å²) in [6.45, 7) is 3.66. The van der Waals surface area contributed by atoms with Gasteiger partial charge in [-0.1, -0.05) is 0 Å². The fourth-order valence-corrected chi connectivity index (χ4v) is 4.00. The van der Waals surface area contributed by atoms with E-state index >= 15 is 0 Å². The van der Waals surface area contributed by atoms with Crippen molar-refractivity contribution in [2.24, 2.45) is 5.92 Å². The molecule has 0 spiro atoms. The van der Waals surface area contributed by atoms with E-state index in [-0.39, 0.29) is 0 Å². The van der Waals surface area contributed by atoms with E-state index in [9.17, 15) is 8.42 Å². The van der Waals surface area contributed by atoms with Crippen LogP contribution in [0.3, 0.4) is 0 Å². The topological polar surface area (TPSA) is 55.9 Å². The Hall–Kier alpha value is -0.210. The molecule has 0 radical (unpaired) electrons. The third-order valence-corrected chi connectivity index (χ3v) is 6.42. The van der Waals surface area contributed by atoms with Gasteiger partial charge in [-0.05, 0) is 52.2 Å². The first kappa shape index (κ1) is 17.1. The van der Waals surface area contributed by atoms with E-state index in [1.165, 1.54) is 17.1 Å². The Morgan fingerprint density at radius 1 is 1.05 bits per heavy atom. The first-order valence-corrected chi connectivity index (χ1v) is 9.39. The van der Waals surface area contributed by atoms with E-state index < -0.39 is 10.2 Å². The van der Waals surface area contributed by atoms with Crippen LogP contribution in [-0.4, -0.2) is 81.8 Å². The molecule has 0 bridgehead atoms. The van der Waals surface area contributed by atoms with Gasteiger partial charge in [-0.3, -0.25) is 0 Å². The molecule has 2 rings (SSSR count). The van der Waals surface area contributed by atoms with E-state index in [0.29, 0.717) is 25.6 Å². The minimum Gasteiger partial charge on any atom is -0.314 e. The summed E-state index contributed by atoms with van der Waals surface area (Å²) in [6, 6.07) is 0.740. The standard InChI is InChI=1S/C14H30N4O2S/c1-16(2)10-11-17(3)21(19,20)18-8-6-13(7-9-18)12-15-14-4-5-14/h13-15H,4-12H2,1-3H3. The molecule has 0 aromatic rings. The van der Waals surface area contributed by atoms with Gasteiger partial charge in [-0.2, -0.15) is 17.0 Å². The second-order valence-electron chi connectivity index (χ2n) is 6.66. The first-order chi connectivity index (χ1) is 9.89. The smallest absolute Gasteiger partial charge is 0.281 e. The maximum Gasteiger partial charge on any atom is 0.281 e. The lowest BCUT2D eigenvalue weighted by Gasteiger charge is -2.34. The van der Waals surface area contributed by atoms with Crippen molar-refractivity contribution >= 4 is 10.2 Å². The van der Waals surface area contributed by atoms with Crippen molar-refractivity contribution in [3.05, 3.63) is 0 Å². The third-order valence-electron chi connectivity index (χ3n) is 4.43. The molecule has 2 fully saturated rings. The van der Waals surface area contributed by atoms with Crippen LogP contribution < -0.4 is 5.32 Å². The summed E-state index contributed by atoms with van der Waals surface area (Å²) in [5, 5.41) is 3.55. The number of nitrogens with zero attached hydrogens (tertiary/aromatic N) is 3. The van der Waals surface area contributed by atoms with E-state index in [2.05, 4.69) is 5.32 Å². The largest absolute Gasteiger partial charge is 0.314 e. The van der Waals surface area contributed by atoms with Crippen molar-refractivity contribution < 1.29 is 8.42 Å². The van der Waals surface area contributed by atoms with Crippen molar-refractivity contribution in [1.29, 1.82) is 0 Å². The highest BCUT2D eigenvalue weighted by molar-refractivity contribution is 7.86. The molecular formula is C14H30N4O2S. The minimum atomic E-state index is -3.28. The zero-order chi connectivity index (χ0) is 15.5. The molecule has 0 unspecified atom stereocenters. The second-order valence-corrected chi connectivity index (χ2v) is 8.69. The molecule has 0 aromatic carbocycles. The van der Waals surface area contributed by atoms with E-state index in [1.54, 1.807) is 11.4 Å². The Labute approximate surface area is 129 Å². The average molecular weight is 318 g/mol. The van der Waals surface area contributed by atoms with Crippen LogP contribution in [0.5, 0.6) is 0 Å². The summed E-state index contributed by atoms with van der Waals surface area (Å²) in [5.41, 5.74) is 0. The quantitative estimate of drug-likeness (QED) is 0.694. The number of nitrogens with one attached hydrogen (secondary N) is 1. The van der Waals surface area contributed by atoms with Crippen LogP contribution >= 0.6 is 0 Å². The van der Waals surface area contributed by atoms with Gasteiger partial charge in [0.05, 0.1) is 0 Å². The zero-order valence-corrected chi connectivity index (χ0v) is 14.4. The van der Waals surface area contributed by atoms with Gasteiger partial charge in [0.25, 0.3) is 10.2 Å². The number of piperidine rings is 1. The summed E-state index contributed by atoms with van der Waals surface area (Å²) in [4.78, 5) is 2.00. The van der Waals surface area contributed by atoms with Gasteiger partial charge >= 0.3 is 0 Å². The molecule has 1 saturated heterocycles. The lowest BCUT2D eigenvalue weighted by Crippen LogP contribution is -2.48. The van der Waals surface area contributed by atoms with Gasteiger partial charge in [0.15, 0.2) is 0 Å². The Morgan fingerprint density at radius 2 is 1.67 bits per heavy atom. The van der Waals surface area contributed by atoms with E-state index in [1.807, 2.05) is 19.0 Å². The maximum atomic E-state index is 12.5. The monoisotopic (exact) mass is 318 g/mol. The highest BCUT2D eigenvalue weighted by atomic mass is 32.2. The van der Waals surface area contributed by atoms with Crippen molar-refractivity contribution in [2.45, 2.75) is 31.7 Å². The molecule has 2 aliphatic rings. The second kappa shape index (κ2) is 7.37. The summed E-state index contributed by atoms with van der Waals surface area (Å²) < 4.78 is 28.1. The first-order valence-electron chi connectivity index (χ1n) is 7.99. The SMILES string of the molecule is CN(C)CCN(C)S(=O)(=O)N1CCC(CNC2CC2)CC1. The fourth-order valence-electron chi connectivity index (χ4n) is 2.62. The molecule has 1 heterocycles. The molecule has 1 saturated carbocycles.